The van der Waals surface area contributed by atoms with E-state index in [0.29, 0.717) is 5.11 Å². The molecule has 0 unspecified atom stereocenters. The SMILES string of the molecule is CCC(C)(C)c1ccc(OCCCCNC(=S)NC)c(C(C)(C)CC)c1. The smallest absolute Gasteiger partial charge is 0.166 e. The van der Waals surface area contributed by atoms with Crippen LogP contribution in [0.2, 0.25) is 0 Å². The average Bonchev–Trinajstić information content (AvgIpc) is 2.64. The van der Waals surface area contributed by atoms with E-state index in [1.54, 1.807) is 0 Å². The van der Waals surface area contributed by atoms with Gasteiger partial charge in [-0.15, -0.1) is 0 Å². The van der Waals surface area contributed by atoms with E-state index >= 15 is 0 Å². The molecule has 1 aromatic rings. The maximum Gasteiger partial charge on any atom is 0.166 e. The van der Waals surface area contributed by atoms with Gasteiger partial charge in [-0.05, 0) is 60.4 Å². The molecule has 0 amide bonds. The summed E-state index contributed by atoms with van der Waals surface area (Å²) in [6.07, 6.45) is 4.26. The molecule has 1 rings (SSSR count). The summed E-state index contributed by atoms with van der Waals surface area (Å²) >= 11 is 5.08. The second-order valence-electron chi connectivity index (χ2n) is 8.25. The van der Waals surface area contributed by atoms with Gasteiger partial charge in [-0.1, -0.05) is 53.7 Å². The molecule has 0 aliphatic rings. The third-order valence-electron chi connectivity index (χ3n) is 5.60. The van der Waals surface area contributed by atoms with Crippen molar-refractivity contribution in [2.75, 3.05) is 20.2 Å². The highest BCUT2D eigenvalue weighted by Crippen LogP contribution is 2.38. The average molecular weight is 379 g/mol. The van der Waals surface area contributed by atoms with Crippen LogP contribution in [-0.4, -0.2) is 25.3 Å². The highest BCUT2D eigenvalue weighted by Gasteiger charge is 2.26. The van der Waals surface area contributed by atoms with Crippen LogP contribution in [0.1, 0.15) is 78.4 Å². The Labute approximate surface area is 166 Å². The molecule has 0 heterocycles. The topological polar surface area (TPSA) is 33.3 Å². The Bertz CT molecular complexity index is 582. The molecule has 0 bridgehead atoms. The van der Waals surface area contributed by atoms with Crippen molar-refractivity contribution in [3.63, 3.8) is 0 Å². The minimum atomic E-state index is 0.107. The predicted molar refractivity (Wildman–Crippen MR) is 117 cm³/mol. The molecule has 0 atom stereocenters. The van der Waals surface area contributed by atoms with Gasteiger partial charge >= 0.3 is 0 Å². The fourth-order valence-corrected chi connectivity index (χ4v) is 2.80. The zero-order chi connectivity index (χ0) is 19.8. The van der Waals surface area contributed by atoms with Gasteiger partial charge in [0.25, 0.3) is 0 Å². The van der Waals surface area contributed by atoms with Crippen molar-refractivity contribution in [3.05, 3.63) is 29.3 Å². The Morgan fingerprint density at radius 3 is 2.27 bits per heavy atom. The van der Waals surface area contributed by atoms with Crippen LogP contribution in [0, 0.1) is 0 Å². The van der Waals surface area contributed by atoms with Crippen molar-refractivity contribution in [3.8, 4) is 5.75 Å². The largest absolute Gasteiger partial charge is 0.493 e. The van der Waals surface area contributed by atoms with E-state index < -0.39 is 0 Å². The van der Waals surface area contributed by atoms with Crippen LogP contribution in [0.5, 0.6) is 5.75 Å². The number of thiocarbonyl (C=S) groups is 1. The molecular weight excluding hydrogens is 340 g/mol. The van der Waals surface area contributed by atoms with Crippen LogP contribution in [0.25, 0.3) is 0 Å². The minimum absolute atomic E-state index is 0.107. The first kappa shape index (κ1) is 22.8. The lowest BCUT2D eigenvalue weighted by atomic mass is 9.76. The molecule has 0 radical (unpaired) electrons. The summed E-state index contributed by atoms with van der Waals surface area (Å²) in [5.41, 5.74) is 3.02. The fourth-order valence-electron chi connectivity index (χ4n) is 2.70. The molecule has 0 aromatic heterocycles. The summed E-state index contributed by atoms with van der Waals surface area (Å²) in [4.78, 5) is 0. The van der Waals surface area contributed by atoms with E-state index in [-0.39, 0.29) is 10.8 Å². The lowest BCUT2D eigenvalue weighted by molar-refractivity contribution is 0.296. The summed E-state index contributed by atoms with van der Waals surface area (Å²) < 4.78 is 6.18. The number of ether oxygens (including phenoxy) is 1. The van der Waals surface area contributed by atoms with E-state index in [1.807, 2.05) is 7.05 Å². The summed E-state index contributed by atoms with van der Waals surface area (Å²) in [6, 6.07) is 6.78. The third kappa shape index (κ3) is 6.46. The molecule has 0 spiro atoms. The Morgan fingerprint density at radius 2 is 1.69 bits per heavy atom. The van der Waals surface area contributed by atoms with Gasteiger partial charge in [-0.25, -0.2) is 0 Å². The Balaban J connectivity index is 2.79. The zero-order valence-electron chi connectivity index (χ0n) is 17.8. The second-order valence-corrected chi connectivity index (χ2v) is 8.66. The molecule has 0 fully saturated rings. The van der Waals surface area contributed by atoms with Gasteiger partial charge in [0.1, 0.15) is 5.75 Å². The van der Waals surface area contributed by atoms with Crippen molar-refractivity contribution in [1.29, 1.82) is 0 Å². The third-order valence-corrected chi connectivity index (χ3v) is 5.95. The summed E-state index contributed by atoms with van der Waals surface area (Å²) in [7, 11) is 1.83. The van der Waals surface area contributed by atoms with Crippen molar-refractivity contribution in [2.24, 2.45) is 0 Å². The molecule has 3 nitrogen and oxygen atoms in total. The quantitative estimate of drug-likeness (QED) is 0.427. The van der Waals surface area contributed by atoms with Crippen LogP contribution >= 0.6 is 12.2 Å². The Morgan fingerprint density at radius 1 is 1.04 bits per heavy atom. The molecule has 0 aliphatic carbocycles. The lowest BCUT2D eigenvalue weighted by Gasteiger charge is -2.30. The molecule has 0 saturated heterocycles. The fraction of sp³-hybridized carbons (Fsp3) is 0.682. The molecule has 0 aliphatic heterocycles. The van der Waals surface area contributed by atoms with Gasteiger partial charge in [-0.3, -0.25) is 0 Å². The van der Waals surface area contributed by atoms with E-state index in [1.165, 1.54) is 11.1 Å². The molecule has 1 aromatic carbocycles. The van der Waals surface area contributed by atoms with Crippen LogP contribution in [0.15, 0.2) is 18.2 Å². The Kier molecular flexibility index (Phi) is 8.88. The molecular formula is C22H38N2OS. The lowest BCUT2D eigenvalue weighted by Crippen LogP contribution is -2.33. The summed E-state index contributed by atoms with van der Waals surface area (Å²) in [5.74, 6) is 1.03. The van der Waals surface area contributed by atoms with Gasteiger partial charge in [0, 0.05) is 19.2 Å². The van der Waals surface area contributed by atoms with Gasteiger partial charge < -0.3 is 15.4 Å². The van der Waals surface area contributed by atoms with Crippen LogP contribution in [0.4, 0.5) is 0 Å². The van der Waals surface area contributed by atoms with Crippen molar-refractivity contribution >= 4 is 17.3 Å². The molecule has 26 heavy (non-hydrogen) atoms. The maximum absolute atomic E-state index is 6.18. The van der Waals surface area contributed by atoms with E-state index in [4.69, 9.17) is 17.0 Å². The van der Waals surface area contributed by atoms with Gasteiger partial charge in [0.15, 0.2) is 5.11 Å². The highest BCUT2D eigenvalue weighted by atomic mass is 32.1. The van der Waals surface area contributed by atoms with Crippen LogP contribution < -0.4 is 15.4 Å². The predicted octanol–water partition coefficient (Wildman–Crippen LogP) is 5.31. The van der Waals surface area contributed by atoms with Gasteiger partial charge in [-0.2, -0.15) is 0 Å². The summed E-state index contributed by atoms with van der Waals surface area (Å²) in [5, 5.41) is 6.80. The molecule has 0 saturated carbocycles. The van der Waals surface area contributed by atoms with E-state index in [0.717, 1.165) is 44.6 Å². The monoisotopic (exact) mass is 378 g/mol. The first-order chi connectivity index (χ1) is 12.2. The number of benzene rings is 1. The first-order valence-corrected chi connectivity index (χ1v) is 10.3. The normalized spacial score (nSPS) is 12.0. The second kappa shape index (κ2) is 10.1. The number of nitrogens with one attached hydrogen (secondary N) is 2. The number of rotatable bonds is 10. The zero-order valence-corrected chi connectivity index (χ0v) is 18.6. The molecule has 148 valence electrons. The van der Waals surface area contributed by atoms with Crippen LogP contribution in [-0.2, 0) is 10.8 Å². The highest BCUT2D eigenvalue weighted by molar-refractivity contribution is 7.80. The van der Waals surface area contributed by atoms with Crippen molar-refractivity contribution in [2.45, 2.75) is 78.1 Å². The number of hydrogen-bond donors (Lipinski definition) is 2. The summed E-state index contributed by atoms with van der Waals surface area (Å²) in [6.45, 7) is 15.3. The van der Waals surface area contributed by atoms with Gasteiger partial charge in [0.05, 0.1) is 6.61 Å². The van der Waals surface area contributed by atoms with E-state index in [2.05, 4.69) is 70.4 Å². The standard InChI is InChI=1S/C22H38N2OS/c1-8-21(3,4)17-12-13-19(18(16-17)22(5,6)9-2)25-15-11-10-14-24-20(26)23-7/h12-13,16H,8-11,14-15H2,1-7H3,(H2,23,24,26). The Hall–Kier alpha value is -1.29. The minimum Gasteiger partial charge on any atom is -0.493 e. The van der Waals surface area contributed by atoms with Crippen LogP contribution in [0.3, 0.4) is 0 Å². The number of unbranched alkanes of at least 4 members (excludes halogenated alkanes) is 1. The molecule has 4 heteroatoms. The maximum atomic E-state index is 6.18. The molecule has 2 N–H and O–H groups in total. The van der Waals surface area contributed by atoms with E-state index in [9.17, 15) is 0 Å². The van der Waals surface area contributed by atoms with Crippen molar-refractivity contribution in [1.82, 2.24) is 10.6 Å². The number of hydrogen-bond acceptors (Lipinski definition) is 2. The first-order valence-electron chi connectivity index (χ1n) is 9.91. The van der Waals surface area contributed by atoms with Gasteiger partial charge in [0.2, 0.25) is 0 Å². The van der Waals surface area contributed by atoms with Crippen molar-refractivity contribution < 1.29 is 4.74 Å².